The van der Waals surface area contributed by atoms with Crippen LogP contribution in [0.4, 0.5) is 5.69 Å². The highest BCUT2D eigenvalue weighted by molar-refractivity contribution is 5.91. The number of fused-ring (bicyclic) bond motifs is 1. The maximum absolute atomic E-state index is 4.72. The van der Waals surface area contributed by atoms with Crippen molar-refractivity contribution < 1.29 is 0 Å². The highest BCUT2D eigenvalue weighted by Gasteiger charge is 2.26. The lowest BCUT2D eigenvalue weighted by molar-refractivity contribution is 0.476. The van der Waals surface area contributed by atoms with Crippen molar-refractivity contribution in [3.8, 4) is 0 Å². The summed E-state index contributed by atoms with van der Waals surface area (Å²) in [6.45, 7) is 2.82. The Labute approximate surface area is 164 Å². The van der Waals surface area contributed by atoms with Gasteiger partial charge in [0.25, 0.3) is 0 Å². The molecule has 1 saturated heterocycles. The lowest BCUT2D eigenvalue weighted by Crippen LogP contribution is -2.35. The molecule has 5 nitrogen and oxygen atoms in total. The Kier molecular flexibility index (Phi) is 4.49. The number of aromatic nitrogens is 4. The number of imidazole rings is 1. The van der Waals surface area contributed by atoms with Crippen LogP contribution in [0.1, 0.15) is 30.3 Å². The molecule has 4 aromatic rings. The zero-order chi connectivity index (χ0) is 18.8. The Morgan fingerprint density at radius 2 is 1.82 bits per heavy atom. The molecule has 4 heterocycles. The number of piperidine rings is 1. The van der Waals surface area contributed by atoms with Crippen LogP contribution in [0, 0.1) is 0 Å². The van der Waals surface area contributed by atoms with Gasteiger partial charge in [-0.3, -0.25) is 9.97 Å². The molecular weight excluding hydrogens is 346 g/mol. The average molecular weight is 369 g/mol. The fourth-order valence-corrected chi connectivity index (χ4v) is 4.24. The highest BCUT2D eigenvalue weighted by atomic mass is 15.2. The van der Waals surface area contributed by atoms with Gasteiger partial charge in [0.1, 0.15) is 5.82 Å². The summed E-state index contributed by atoms with van der Waals surface area (Å²) in [6.07, 6.45) is 10.1. The molecule has 5 rings (SSSR count). The van der Waals surface area contributed by atoms with E-state index in [1.807, 2.05) is 36.8 Å². The summed E-state index contributed by atoms with van der Waals surface area (Å²) in [5.74, 6) is 1.58. The smallest absolute Gasteiger partial charge is 0.113 e. The van der Waals surface area contributed by atoms with Crippen LogP contribution in [0.5, 0.6) is 0 Å². The summed E-state index contributed by atoms with van der Waals surface area (Å²) in [5.41, 5.74) is 3.39. The first-order chi connectivity index (χ1) is 13.9. The summed E-state index contributed by atoms with van der Waals surface area (Å²) in [4.78, 5) is 16.2. The number of rotatable bonds is 4. The zero-order valence-electron chi connectivity index (χ0n) is 15.8. The molecule has 0 spiro atoms. The number of para-hydroxylation sites is 1. The van der Waals surface area contributed by atoms with E-state index in [0.29, 0.717) is 5.92 Å². The molecule has 1 aliphatic rings. The molecule has 0 saturated carbocycles. The Morgan fingerprint density at radius 3 is 2.75 bits per heavy atom. The van der Waals surface area contributed by atoms with E-state index in [1.165, 1.54) is 17.5 Å². The van der Waals surface area contributed by atoms with E-state index in [1.54, 1.807) is 0 Å². The number of nitrogens with zero attached hydrogens (tertiary/aromatic N) is 5. The molecule has 0 bridgehead atoms. The summed E-state index contributed by atoms with van der Waals surface area (Å²) < 4.78 is 2.25. The lowest BCUT2D eigenvalue weighted by Gasteiger charge is -2.35. The molecule has 1 aromatic carbocycles. The number of hydrogen-bond donors (Lipinski definition) is 0. The molecule has 0 aliphatic carbocycles. The van der Waals surface area contributed by atoms with Crippen LogP contribution in [0.25, 0.3) is 10.9 Å². The molecule has 1 fully saturated rings. The van der Waals surface area contributed by atoms with Crippen LogP contribution in [0.3, 0.4) is 0 Å². The molecule has 0 amide bonds. The van der Waals surface area contributed by atoms with Gasteiger partial charge in [0.15, 0.2) is 0 Å². The topological polar surface area (TPSA) is 46.8 Å². The molecule has 3 aromatic heterocycles. The molecule has 1 atom stereocenters. The lowest BCUT2D eigenvalue weighted by atomic mass is 9.96. The minimum Gasteiger partial charge on any atom is -0.370 e. The second-order valence-corrected chi connectivity index (χ2v) is 7.37. The van der Waals surface area contributed by atoms with Gasteiger partial charge in [0.05, 0.1) is 17.8 Å². The first-order valence-corrected chi connectivity index (χ1v) is 9.88. The van der Waals surface area contributed by atoms with Crippen LogP contribution < -0.4 is 4.90 Å². The van der Waals surface area contributed by atoms with Crippen LogP contribution in [-0.4, -0.2) is 32.6 Å². The SMILES string of the molecule is c1ccc(Cn2ccnc2[C@@H]2CCCN(c3ccnc4ccccc34)C2)nc1. The molecular formula is C23H23N5. The second-order valence-electron chi connectivity index (χ2n) is 7.37. The van der Waals surface area contributed by atoms with Crippen molar-refractivity contribution in [1.82, 2.24) is 19.5 Å². The minimum absolute atomic E-state index is 0.416. The fourth-order valence-electron chi connectivity index (χ4n) is 4.24. The van der Waals surface area contributed by atoms with Gasteiger partial charge >= 0.3 is 0 Å². The van der Waals surface area contributed by atoms with E-state index < -0.39 is 0 Å². The normalized spacial score (nSPS) is 17.1. The Balaban J connectivity index is 1.42. The average Bonchev–Trinajstić information content (AvgIpc) is 3.22. The van der Waals surface area contributed by atoms with E-state index in [9.17, 15) is 0 Å². The summed E-state index contributed by atoms with van der Waals surface area (Å²) in [7, 11) is 0. The first kappa shape index (κ1) is 16.9. The van der Waals surface area contributed by atoms with Crippen molar-refractivity contribution >= 4 is 16.6 Å². The molecule has 0 N–H and O–H groups in total. The number of benzene rings is 1. The Bertz CT molecular complexity index is 1070. The van der Waals surface area contributed by atoms with E-state index in [0.717, 1.165) is 43.1 Å². The molecule has 0 unspecified atom stereocenters. The summed E-state index contributed by atoms with van der Waals surface area (Å²) >= 11 is 0. The van der Waals surface area contributed by atoms with Crippen molar-refractivity contribution in [1.29, 1.82) is 0 Å². The maximum Gasteiger partial charge on any atom is 0.113 e. The zero-order valence-corrected chi connectivity index (χ0v) is 15.8. The highest BCUT2D eigenvalue weighted by Crippen LogP contribution is 2.32. The van der Waals surface area contributed by atoms with Crippen molar-refractivity contribution in [2.24, 2.45) is 0 Å². The number of anilines is 1. The van der Waals surface area contributed by atoms with Gasteiger partial charge in [0.2, 0.25) is 0 Å². The molecule has 0 radical (unpaired) electrons. The summed E-state index contributed by atoms with van der Waals surface area (Å²) in [5, 5.41) is 1.22. The third kappa shape index (κ3) is 3.24. The number of hydrogen-bond acceptors (Lipinski definition) is 4. The van der Waals surface area contributed by atoms with Gasteiger partial charge < -0.3 is 9.47 Å². The predicted molar refractivity (Wildman–Crippen MR) is 111 cm³/mol. The third-order valence-corrected chi connectivity index (χ3v) is 5.56. The monoisotopic (exact) mass is 369 g/mol. The molecule has 1 aliphatic heterocycles. The Morgan fingerprint density at radius 1 is 0.893 bits per heavy atom. The van der Waals surface area contributed by atoms with Crippen LogP contribution in [-0.2, 0) is 6.54 Å². The van der Waals surface area contributed by atoms with Crippen molar-refractivity contribution in [3.63, 3.8) is 0 Å². The van der Waals surface area contributed by atoms with E-state index in [-0.39, 0.29) is 0 Å². The van der Waals surface area contributed by atoms with Crippen LogP contribution in [0.15, 0.2) is 73.3 Å². The summed E-state index contributed by atoms with van der Waals surface area (Å²) in [6, 6.07) is 16.6. The fraction of sp³-hybridized carbons (Fsp3) is 0.261. The Hall–Kier alpha value is -3.21. The molecule has 140 valence electrons. The third-order valence-electron chi connectivity index (χ3n) is 5.56. The molecule has 28 heavy (non-hydrogen) atoms. The predicted octanol–water partition coefficient (Wildman–Crippen LogP) is 4.26. The van der Waals surface area contributed by atoms with E-state index >= 15 is 0 Å². The van der Waals surface area contributed by atoms with Crippen LogP contribution >= 0.6 is 0 Å². The van der Waals surface area contributed by atoms with Gasteiger partial charge in [-0.1, -0.05) is 24.3 Å². The van der Waals surface area contributed by atoms with E-state index in [2.05, 4.69) is 56.0 Å². The quantitative estimate of drug-likeness (QED) is 0.539. The maximum atomic E-state index is 4.72. The van der Waals surface area contributed by atoms with Crippen molar-refractivity contribution in [2.75, 3.05) is 18.0 Å². The van der Waals surface area contributed by atoms with Gasteiger partial charge in [0, 0.05) is 54.9 Å². The largest absolute Gasteiger partial charge is 0.370 e. The first-order valence-electron chi connectivity index (χ1n) is 9.88. The van der Waals surface area contributed by atoms with Crippen molar-refractivity contribution in [3.05, 3.63) is 84.8 Å². The van der Waals surface area contributed by atoms with Gasteiger partial charge in [-0.05, 0) is 37.1 Å². The van der Waals surface area contributed by atoms with E-state index in [4.69, 9.17) is 4.98 Å². The standard InChI is InChI=1S/C23H23N5/c1-2-9-21-20(8-1)22(10-12-25-21)27-14-5-6-18(16-27)23-26-13-15-28(23)17-19-7-3-4-11-24-19/h1-4,7-13,15,18H,5-6,14,16-17H2/t18-/m1/s1. The van der Waals surface area contributed by atoms with Gasteiger partial charge in [-0.15, -0.1) is 0 Å². The molecule has 5 heteroatoms. The number of pyridine rings is 2. The van der Waals surface area contributed by atoms with Gasteiger partial charge in [-0.25, -0.2) is 4.98 Å². The minimum atomic E-state index is 0.416. The van der Waals surface area contributed by atoms with Crippen LogP contribution in [0.2, 0.25) is 0 Å². The van der Waals surface area contributed by atoms with Crippen molar-refractivity contribution in [2.45, 2.75) is 25.3 Å². The van der Waals surface area contributed by atoms with Gasteiger partial charge in [-0.2, -0.15) is 0 Å². The second kappa shape index (κ2) is 7.43.